The summed E-state index contributed by atoms with van der Waals surface area (Å²) in [6.45, 7) is 4.26. The molecule has 3 rings (SSSR count). The predicted octanol–water partition coefficient (Wildman–Crippen LogP) is 2.80. The number of alkyl halides is 3. The third-order valence-corrected chi connectivity index (χ3v) is 4.92. The first-order chi connectivity index (χ1) is 12.5. The van der Waals surface area contributed by atoms with Gasteiger partial charge in [0.25, 0.3) is 5.91 Å². The molecular weight excluding hydrogens is 365 g/mol. The summed E-state index contributed by atoms with van der Waals surface area (Å²) in [4.78, 5) is 29.6. The monoisotopic (exact) mass is 384 g/mol. The first-order valence-electron chi connectivity index (χ1n) is 8.42. The summed E-state index contributed by atoms with van der Waals surface area (Å²) in [5.41, 5.74) is -1.78. The minimum absolute atomic E-state index is 0.0172. The van der Waals surface area contributed by atoms with Crippen molar-refractivity contribution in [2.75, 3.05) is 13.1 Å². The standard InChI is InChI=1S/C17H19F3N4O3/c1-9(2)24-13-12(7-21-24)11(6-10(3)22-13)14(25)23-5-4-16(8-23,15(26)27)17(18,19)20/h6-7,9H,4-5,8H2,1-3H3,(H,26,27). The highest BCUT2D eigenvalue weighted by atomic mass is 19.4. The van der Waals surface area contributed by atoms with E-state index in [9.17, 15) is 22.8 Å². The number of aromatic nitrogens is 3. The minimum atomic E-state index is -4.94. The van der Waals surface area contributed by atoms with Crippen molar-refractivity contribution in [3.8, 4) is 0 Å². The molecule has 0 spiro atoms. The van der Waals surface area contributed by atoms with Crippen LogP contribution < -0.4 is 0 Å². The lowest BCUT2D eigenvalue weighted by atomic mass is 9.86. The van der Waals surface area contributed by atoms with Gasteiger partial charge in [0, 0.05) is 24.8 Å². The molecule has 0 radical (unpaired) electrons. The van der Waals surface area contributed by atoms with E-state index in [4.69, 9.17) is 5.11 Å². The Bertz CT molecular complexity index is 922. The van der Waals surface area contributed by atoms with Gasteiger partial charge in [-0.2, -0.15) is 18.3 Å². The molecule has 1 aliphatic heterocycles. The Balaban J connectivity index is 2.02. The number of nitrogens with zero attached hydrogens (tertiary/aromatic N) is 4. The molecule has 1 atom stereocenters. The van der Waals surface area contributed by atoms with Crippen LogP contribution in [0.5, 0.6) is 0 Å². The van der Waals surface area contributed by atoms with Gasteiger partial charge in [0.15, 0.2) is 11.1 Å². The van der Waals surface area contributed by atoms with E-state index in [0.29, 0.717) is 16.7 Å². The average Bonchev–Trinajstić information content (AvgIpc) is 3.17. The maximum atomic E-state index is 13.4. The molecule has 1 N–H and O–H groups in total. The SMILES string of the molecule is Cc1cc(C(=O)N2CCC(C(=O)O)(C(F)(F)F)C2)c2cnn(C(C)C)c2n1. The molecule has 10 heteroatoms. The highest BCUT2D eigenvalue weighted by Gasteiger charge is 2.64. The number of aryl methyl sites for hydroxylation is 1. The van der Waals surface area contributed by atoms with Crippen molar-refractivity contribution in [3.05, 3.63) is 23.5 Å². The van der Waals surface area contributed by atoms with E-state index >= 15 is 0 Å². The van der Waals surface area contributed by atoms with Crippen LogP contribution in [0.25, 0.3) is 11.0 Å². The topological polar surface area (TPSA) is 88.3 Å². The predicted molar refractivity (Wildman–Crippen MR) is 89.3 cm³/mol. The van der Waals surface area contributed by atoms with Crippen molar-refractivity contribution >= 4 is 22.9 Å². The van der Waals surface area contributed by atoms with Crippen molar-refractivity contribution in [2.24, 2.45) is 5.41 Å². The first kappa shape index (κ1) is 19.1. The summed E-state index contributed by atoms with van der Waals surface area (Å²) in [6, 6.07) is 1.47. The molecule has 1 aliphatic rings. The van der Waals surface area contributed by atoms with Gasteiger partial charge in [0.1, 0.15) is 0 Å². The molecule has 1 unspecified atom stereocenters. The normalized spacial score (nSPS) is 20.6. The van der Waals surface area contributed by atoms with Gasteiger partial charge < -0.3 is 10.0 Å². The van der Waals surface area contributed by atoms with Crippen LogP contribution >= 0.6 is 0 Å². The van der Waals surface area contributed by atoms with Crippen molar-refractivity contribution in [1.82, 2.24) is 19.7 Å². The van der Waals surface area contributed by atoms with Gasteiger partial charge in [-0.25, -0.2) is 9.67 Å². The number of pyridine rings is 1. The third-order valence-electron chi connectivity index (χ3n) is 4.92. The number of halogens is 3. The smallest absolute Gasteiger partial charge is 0.406 e. The molecule has 0 aromatic carbocycles. The zero-order valence-electron chi connectivity index (χ0n) is 15.0. The number of carbonyl (C=O) groups is 2. The highest BCUT2D eigenvalue weighted by Crippen LogP contribution is 2.46. The zero-order valence-corrected chi connectivity index (χ0v) is 15.0. The quantitative estimate of drug-likeness (QED) is 0.879. The van der Waals surface area contributed by atoms with Crippen LogP contribution in [0.4, 0.5) is 13.2 Å². The van der Waals surface area contributed by atoms with Crippen LogP contribution in [-0.2, 0) is 4.79 Å². The summed E-state index contributed by atoms with van der Waals surface area (Å²) in [5, 5.41) is 13.8. The Kier molecular flexibility index (Phi) is 4.40. The van der Waals surface area contributed by atoms with Crippen LogP contribution in [0.2, 0.25) is 0 Å². The molecule has 0 aliphatic carbocycles. The molecule has 27 heavy (non-hydrogen) atoms. The molecular formula is C17H19F3N4O3. The summed E-state index contributed by atoms with van der Waals surface area (Å²) in [7, 11) is 0. The van der Waals surface area contributed by atoms with Gasteiger partial charge in [-0.1, -0.05) is 0 Å². The number of hydrogen-bond donors (Lipinski definition) is 1. The Hall–Kier alpha value is -2.65. The molecule has 1 saturated heterocycles. The second-order valence-electron chi connectivity index (χ2n) is 7.09. The van der Waals surface area contributed by atoms with E-state index < -0.39 is 36.4 Å². The van der Waals surface area contributed by atoms with Crippen LogP contribution in [0.3, 0.4) is 0 Å². The van der Waals surface area contributed by atoms with Gasteiger partial charge in [0.05, 0.1) is 17.1 Å². The Morgan fingerprint density at radius 1 is 1.33 bits per heavy atom. The number of hydrogen-bond acceptors (Lipinski definition) is 4. The summed E-state index contributed by atoms with van der Waals surface area (Å²) in [6.07, 6.45) is -4.16. The molecule has 2 aromatic rings. The van der Waals surface area contributed by atoms with Gasteiger partial charge in [-0.3, -0.25) is 9.59 Å². The minimum Gasteiger partial charge on any atom is -0.481 e. The Morgan fingerprint density at radius 2 is 2.00 bits per heavy atom. The van der Waals surface area contributed by atoms with Gasteiger partial charge in [-0.15, -0.1) is 0 Å². The largest absolute Gasteiger partial charge is 0.481 e. The summed E-state index contributed by atoms with van der Waals surface area (Å²) >= 11 is 0. The number of likely N-dealkylation sites (tertiary alicyclic amines) is 1. The second-order valence-corrected chi connectivity index (χ2v) is 7.09. The Labute approximate surface area is 152 Å². The molecule has 1 fully saturated rings. The zero-order chi connectivity index (χ0) is 20.1. The van der Waals surface area contributed by atoms with Crippen LogP contribution in [0, 0.1) is 12.3 Å². The fourth-order valence-electron chi connectivity index (χ4n) is 3.38. The van der Waals surface area contributed by atoms with Crippen LogP contribution in [0.1, 0.15) is 42.4 Å². The highest BCUT2D eigenvalue weighted by molar-refractivity contribution is 6.05. The van der Waals surface area contributed by atoms with E-state index in [0.717, 1.165) is 4.90 Å². The van der Waals surface area contributed by atoms with E-state index in [2.05, 4.69) is 10.1 Å². The van der Waals surface area contributed by atoms with Crippen LogP contribution in [-0.4, -0.2) is 55.9 Å². The number of carboxylic acids is 1. The van der Waals surface area contributed by atoms with E-state index in [1.807, 2.05) is 13.8 Å². The molecule has 1 amide bonds. The molecule has 146 valence electrons. The maximum absolute atomic E-state index is 13.4. The van der Waals surface area contributed by atoms with Gasteiger partial charge in [0.2, 0.25) is 0 Å². The number of amides is 1. The number of carboxylic acid groups (broad SMARTS) is 1. The van der Waals surface area contributed by atoms with E-state index in [1.54, 1.807) is 11.6 Å². The van der Waals surface area contributed by atoms with Gasteiger partial charge >= 0.3 is 12.1 Å². The van der Waals surface area contributed by atoms with Crippen molar-refractivity contribution in [2.45, 2.75) is 39.4 Å². The number of aliphatic carboxylic acids is 1. The van der Waals surface area contributed by atoms with Crippen LogP contribution in [0.15, 0.2) is 12.3 Å². The lowest BCUT2D eigenvalue weighted by Crippen LogP contribution is -2.47. The first-order valence-corrected chi connectivity index (χ1v) is 8.42. The van der Waals surface area contributed by atoms with E-state index in [-0.39, 0.29) is 18.2 Å². The molecule has 3 heterocycles. The third kappa shape index (κ3) is 2.92. The van der Waals surface area contributed by atoms with Crippen molar-refractivity contribution < 1.29 is 27.9 Å². The number of rotatable bonds is 3. The fraction of sp³-hybridized carbons (Fsp3) is 0.529. The summed E-state index contributed by atoms with van der Waals surface area (Å²) in [5.74, 6) is -2.62. The lowest BCUT2D eigenvalue weighted by molar-refractivity contribution is -0.227. The van der Waals surface area contributed by atoms with Gasteiger partial charge in [-0.05, 0) is 33.3 Å². The maximum Gasteiger partial charge on any atom is 0.406 e. The summed E-state index contributed by atoms with van der Waals surface area (Å²) < 4.78 is 41.7. The lowest BCUT2D eigenvalue weighted by Gasteiger charge is -2.27. The fourth-order valence-corrected chi connectivity index (χ4v) is 3.38. The molecule has 2 aromatic heterocycles. The van der Waals surface area contributed by atoms with Crippen molar-refractivity contribution in [3.63, 3.8) is 0 Å². The van der Waals surface area contributed by atoms with E-state index in [1.165, 1.54) is 12.3 Å². The second kappa shape index (κ2) is 6.21. The molecule has 0 saturated carbocycles. The number of fused-ring (bicyclic) bond motifs is 1. The average molecular weight is 384 g/mol. The molecule has 7 nitrogen and oxygen atoms in total. The number of carbonyl (C=O) groups excluding carboxylic acids is 1. The molecule has 0 bridgehead atoms. The van der Waals surface area contributed by atoms with Crippen molar-refractivity contribution in [1.29, 1.82) is 0 Å². The Morgan fingerprint density at radius 3 is 2.52 bits per heavy atom.